The van der Waals surface area contributed by atoms with E-state index in [4.69, 9.17) is 9.68 Å². The molecule has 1 heterocycles. The van der Waals surface area contributed by atoms with Crippen LogP contribution >= 0.6 is 0 Å². The second-order valence-corrected chi connectivity index (χ2v) is 7.16. The number of hydrogen-bond donors (Lipinski definition) is 0. The van der Waals surface area contributed by atoms with E-state index in [0.29, 0.717) is 5.56 Å². The number of anilines is 1. The second-order valence-electron chi connectivity index (χ2n) is 7.16. The molecule has 1 aromatic rings. The number of carbonyl (C=O) groups is 1. The molecular formula is C17H23NO3. The normalized spacial score (nSPS) is 23.3. The molecule has 2 fully saturated rings. The first kappa shape index (κ1) is 14.5. The summed E-state index contributed by atoms with van der Waals surface area (Å²) in [6.07, 6.45) is 4.48. The Morgan fingerprint density at radius 3 is 2.29 bits per heavy atom. The zero-order valence-corrected chi connectivity index (χ0v) is 13.2. The lowest BCUT2D eigenvalue weighted by atomic mass is 9.90. The van der Waals surface area contributed by atoms with Gasteiger partial charge < -0.3 is 0 Å². The fraction of sp³-hybridized carbons (Fsp3) is 0.588. The third-order valence-corrected chi connectivity index (χ3v) is 4.64. The van der Waals surface area contributed by atoms with E-state index in [1.54, 1.807) is 6.07 Å². The third kappa shape index (κ3) is 2.83. The fourth-order valence-electron chi connectivity index (χ4n) is 2.40. The smallest absolute Gasteiger partial charge is 0.150 e. The Labute approximate surface area is 125 Å². The minimum atomic E-state index is -0.430. The zero-order valence-electron chi connectivity index (χ0n) is 13.2. The summed E-state index contributed by atoms with van der Waals surface area (Å²) in [6.45, 7) is 8.01. The Kier molecular flexibility index (Phi) is 3.34. The molecule has 21 heavy (non-hydrogen) atoms. The molecule has 0 aromatic heterocycles. The van der Waals surface area contributed by atoms with Crippen LogP contribution in [0.15, 0.2) is 18.2 Å². The SMILES string of the molecule is CC1(C)ON(c2cc(C=O)cc(CC3CC3)c2)OC1(C)C. The molecular weight excluding hydrogens is 266 g/mol. The number of aldehydes is 1. The van der Waals surface area contributed by atoms with Crippen LogP contribution in [0.25, 0.3) is 0 Å². The molecule has 1 saturated carbocycles. The van der Waals surface area contributed by atoms with Crippen molar-refractivity contribution < 1.29 is 14.5 Å². The Balaban J connectivity index is 1.89. The summed E-state index contributed by atoms with van der Waals surface area (Å²) in [5.41, 5.74) is 1.76. The summed E-state index contributed by atoms with van der Waals surface area (Å²) in [6, 6.07) is 5.82. The van der Waals surface area contributed by atoms with E-state index in [0.717, 1.165) is 24.3 Å². The summed E-state index contributed by atoms with van der Waals surface area (Å²) in [4.78, 5) is 23.0. The maximum atomic E-state index is 11.2. The van der Waals surface area contributed by atoms with Gasteiger partial charge in [-0.3, -0.25) is 4.79 Å². The van der Waals surface area contributed by atoms with Crippen LogP contribution in [0.5, 0.6) is 0 Å². The Morgan fingerprint density at radius 2 is 1.76 bits per heavy atom. The molecule has 0 atom stereocenters. The van der Waals surface area contributed by atoms with Crippen LogP contribution in [0, 0.1) is 5.92 Å². The molecule has 1 saturated heterocycles. The molecule has 4 nitrogen and oxygen atoms in total. The molecule has 0 bridgehead atoms. The lowest BCUT2D eigenvalue weighted by molar-refractivity contribution is -0.0273. The van der Waals surface area contributed by atoms with E-state index in [2.05, 4.69) is 6.07 Å². The van der Waals surface area contributed by atoms with Crippen LogP contribution in [0.2, 0.25) is 0 Å². The van der Waals surface area contributed by atoms with Gasteiger partial charge in [0.15, 0.2) is 0 Å². The molecule has 114 valence electrons. The van der Waals surface area contributed by atoms with Crippen molar-refractivity contribution in [2.45, 2.75) is 58.2 Å². The largest absolute Gasteiger partial charge is 0.298 e. The number of carbonyl (C=O) groups excluding carboxylic acids is 1. The van der Waals surface area contributed by atoms with Gasteiger partial charge in [-0.2, -0.15) is 0 Å². The van der Waals surface area contributed by atoms with Crippen LogP contribution in [0.4, 0.5) is 5.69 Å². The third-order valence-electron chi connectivity index (χ3n) is 4.64. The lowest BCUT2D eigenvalue weighted by Gasteiger charge is -2.26. The average Bonchev–Trinajstić information content (AvgIpc) is 3.16. The van der Waals surface area contributed by atoms with E-state index in [1.165, 1.54) is 23.6 Å². The van der Waals surface area contributed by atoms with E-state index >= 15 is 0 Å². The highest BCUT2D eigenvalue weighted by molar-refractivity contribution is 5.77. The molecule has 1 aromatic carbocycles. The number of benzene rings is 1. The van der Waals surface area contributed by atoms with Crippen molar-refractivity contribution in [3.8, 4) is 0 Å². The molecule has 4 heteroatoms. The van der Waals surface area contributed by atoms with Gasteiger partial charge in [0.05, 0.1) is 5.69 Å². The summed E-state index contributed by atoms with van der Waals surface area (Å²) in [7, 11) is 0. The van der Waals surface area contributed by atoms with E-state index in [9.17, 15) is 4.79 Å². The van der Waals surface area contributed by atoms with Crippen LogP contribution in [-0.4, -0.2) is 17.5 Å². The van der Waals surface area contributed by atoms with Gasteiger partial charge in [0.2, 0.25) is 0 Å². The summed E-state index contributed by atoms with van der Waals surface area (Å²) < 4.78 is 0. The fourth-order valence-corrected chi connectivity index (χ4v) is 2.40. The molecule has 0 spiro atoms. The minimum Gasteiger partial charge on any atom is -0.298 e. The zero-order chi connectivity index (χ0) is 15.3. The first-order valence-electron chi connectivity index (χ1n) is 7.58. The molecule has 0 unspecified atom stereocenters. The monoisotopic (exact) mass is 289 g/mol. The highest BCUT2D eigenvalue weighted by Crippen LogP contribution is 2.40. The van der Waals surface area contributed by atoms with Crippen molar-refractivity contribution in [3.63, 3.8) is 0 Å². The predicted molar refractivity (Wildman–Crippen MR) is 81.1 cm³/mol. The minimum absolute atomic E-state index is 0.430. The molecule has 1 aliphatic carbocycles. The van der Waals surface area contributed by atoms with Crippen molar-refractivity contribution in [2.75, 3.05) is 5.23 Å². The predicted octanol–water partition coefficient (Wildman–Crippen LogP) is 3.69. The Bertz CT molecular complexity index is 545. The van der Waals surface area contributed by atoms with Gasteiger partial charge in [0.25, 0.3) is 0 Å². The Morgan fingerprint density at radius 1 is 1.14 bits per heavy atom. The molecule has 2 aliphatic rings. The Hall–Kier alpha value is -1.39. The van der Waals surface area contributed by atoms with E-state index < -0.39 is 11.2 Å². The van der Waals surface area contributed by atoms with Gasteiger partial charge in [-0.15, -0.1) is 5.23 Å². The van der Waals surface area contributed by atoms with E-state index in [1.807, 2.05) is 33.8 Å². The highest BCUT2D eigenvalue weighted by Gasteiger charge is 2.50. The van der Waals surface area contributed by atoms with Crippen LogP contribution in [0.1, 0.15) is 56.5 Å². The van der Waals surface area contributed by atoms with Gasteiger partial charge in [0.1, 0.15) is 17.5 Å². The lowest BCUT2D eigenvalue weighted by Crippen LogP contribution is -2.41. The summed E-state index contributed by atoms with van der Waals surface area (Å²) >= 11 is 0. The maximum absolute atomic E-state index is 11.2. The van der Waals surface area contributed by atoms with E-state index in [-0.39, 0.29) is 0 Å². The van der Waals surface area contributed by atoms with Gasteiger partial charge >= 0.3 is 0 Å². The van der Waals surface area contributed by atoms with Gasteiger partial charge in [0, 0.05) is 5.56 Å². The summed E-state index contributed by atoms with van der Waals surface area (Å²) in [5, 5.41) is 1.46. The summed E-state index contributed by atoms with van der Waals surface area (Å²) in [5.74, 6) is 0.771. The number of hydrogen-bond acceptors (Lipinski definition) is 4. The van der Waals surface area contributed by atoms with Crippen LogP contribution in [0.3, 0.4) is 0 Å². The average molecular weight is 289 g/mol. The quantitative estimate of drug-likeness (QED) is 0.792. The maximum Gasteiger partial charge on any atom is 0.150 e. The molecule has 1 aliphatic heterocycles. The highest BCUT2D eigenvalue weighted by atomic mass is 17.0. The number of nitrogens with zero attached hydrogens (tertiary/aromatic N) is 1. The van der Waals surface area contributed by atoms with Crippen molar-refractivity contribution in [1.29, 1.82) is 0 Å². The van der Waals surface area contributed by atoms with Crippen molar-refractivity contribution >= 4 is 12.0 Å². The van der Waals surface area contributed by atoms with Gasteiger partial charge in [-0.1, -0.05) is 0 Å². The second kappa shape index (κ2) is 4.82. The van der Waals surface area contributed by atoms with Gasteiger partial charge in [-0.25, -0.2) is 9.68 Å². The first-order chi connectivity index (χ1) is 9.80. The van der Waals surface area contributed by atoms with Crippen LogP contribution < -0.4 is 5.23 Å². The number of rotatable bonds is 4. The molecule has 0 N–H and O–H groups in total. The van der Waals surface area contributed by atoms with Gasteiger partial charge in [-0.05, 0) is 76.6 Å². The first-order valence-corrected chi connectivity index (χ1v) is 7.58. The molecule has 3 rings (SSSR count). The van der Waals surface area contributed by atoms with Crippen molar-refractivity contribution in [3.05, 3.63) is 29.3 Å². The molecule has 0 radical (unpaired) electrons. The van der Waals surface area contributed by atoms with Crippen molar-refractivity contribution in [1.82, 2.24) is 0 Å². The molecule has 0 amide bonds. The van der Waals surface area contributed by atoms with Crippen LogP contribution in [-0.2, 0) is 16.1 Å². The standard InChI is InChI=1S/C17H23NO3/c1-16(2)17(3,4)21-18(20-16)15-9-13(7-12-5-6-12)8-14(10-15)11-19/h8-12H,5-7H2,1-4H3. The topological polar surface area (TPSA) is 38.8 Å². The van der Waals surface area contributed by atoms with Crippen molar-refractivity contribution in [2.24, 2.45) is 5.92 Å².